The molecule has 0 bridgehead atoms. The number of nitrogens with one attached hydrogen (secondary N) is 2. The predicted molar refractivity (Wildman–Crippen MR) is 82.7 cm³/mol. The summed E-state index contributed by atoms with van der Waals surface area (Å²) in [5.41, 5.74) is 1.90. The van der Waals surface area contributed by atoms with Gasteiger partial charge in [0.1, 0.15) is 0 Å². The standard InChI is InChI=1S/C12H15Br2N3O2/c1-18-4-5-19-3-2-15-12-16-10-6-8(13)9(14)7-11(10)17-12/h6-7H,2-5H2,1H3,(H2,15,16,17). The van der Waals surface area contributed by atoms with E-state index in [4.69, 9.17) is 9.47 Å². The molecular formula is C12H15Br2N3O2. The lowest BCUT2D eigenvalue weighted by atomic mass is 10.3. The fourth-order valence-electron chi connectivity index (χ4n) is 1.57. The number of nitrogens with zero attached hydrogens (tertiary/aromatic N) is 1. The molecule has 2 N–H and O–H groups in total. The van der Waals surface area contributed by atoms with Gasteiger partial charge in [-0.15, -0.1) is 0 Å². The number of H-pyrrole nitrogens is 1. The van der Waals surface area contributed by atoms with Gasteiger partial charge in [0.15, 0.2) is 0 Å². The number of aromatic nitrogens is 2. The number of imidazole rings is 1. The Hall–Kier alpha value is -0.630. The van der Waals surface area contributed by atoms with Crippen LogP contribution in [0.15, 0.2) is 21.1 Å². The molecule has 0 saturated carbocycles. The SMILES string of the molecule is COCCOCCNc1nc2cc(Br)c(Br)cc2[nH]1. The van der Waals surface area contributed by atoms with Crippen molar-refractivity contribution in [1.82, 2.24) is 9.97 Å². The molecule has 1 heterocycles. The number of hydrogen-bond donors (Lipinski definition) is 2. The van der Waals surface area contributed by atoms with Gasteiger partial charge >= 0.3 is 0 Å². The fraction of sp³-hybridized carbons (Fsp3) is 0.417. The van der Waals surface area contributed by atoms with Crippen LogP contribution in [0.3, 0.4) is 0 Å². The molecule has 1 aromatic carbocycles. The average molecular weight is 393 g/mol. The minimum Gasteiger partial charge on any atom is -0.382 e. The summed E-state index contributed by atoms with van der Waals surface area (Å²) in [5, 5.41) is 3.19. The first kappa shape index (κ1) is 14.8. The van der Waals surface area contributed by atoms with E-state index in [2.05, 4.69) is 47.1 Å². The molecule has 0 spiro atoms. The van der Waals surface area contributed by atoms with Crippen molar-refractivity contribution in [3.05, 3.63) is 21.1 Å². The third-order valence-electron chi connectivity index (χ3n) is 2.49. The Kier molecular flexibility index (Phi) is 5.62. The van der Waals surface area contributed by atoms with E-state index in [1.165, 1.54) is 0 Å². The molecule has 0 amide bonds. The van der Waals surface area contributed by atoms with Gasteiger partial charge in [0, 0.05) is 22.6 Å². The van der Waals surface area contributed by atoms with E-state index in [0.29, 0.717) is 26.4 Å². The molecule has 0 aliphatic heterocycles. The minimum absolute atomic E-state index is 0.609. The maximum absolute atomic E-state index is 5.36. The van der Waals surface area contributed by atoms with Crippen LogP contribution in [0.25, 0.3) is 11.0 Å². The number of hydrogen-bond acceptors (Lipinski definition) is 4. The second-order valence-electron chi connectivity index (χ2n) is 3.90. The van der Waals surface area contributed by atoms with Crippen LogP contribution < -0.4 is 5.32 Å². The summed E-state index contributed by atoms with van der Waals surface area (Å²) in [7, 11) is 1.66. The highest BCUT2D eigenvalue weighted by molar-refractivity contribution is 9.13. The summed E-state index contributed by atoms with van der Waals surface area (Å²) in [6.45, 7) is 2.55. The summed E-state index contributed by atoms with van der Waals surface area (Å²) in [4.78, 5) is 7.66. The van der Waals surface area contributed by atoms with Gasteiger partial charge in [0.2, 0.25) is 5.95 Å². The first-order chi connectivity index (χ1) is 9.20. The van der Waals surface area contributed by atoms with Crippen LogP contribution in [0.2, 0.25) is 0 Å². The Labute approximate surface area is 128 Å². The molecule has 7 heteroatoms. The molecule has 0 fully saturated rings. The van der Waals surface area contributed by atoms with Crippen LogP contribution >= 0.6 is 31.9 Å². The number of fused-ring (bicyclic) bond motifs is 1. The largest absolute Gasteiger partial charge is 0.382 e. The molecular weight excluding hydrogens is 378 g/mol. The number of anilines is 1. The van der Waals surface area contributed by atoms with Crippen molar-refractivity contribution >= 4 is 48.8 Å². The zero-order chi connectivity index (χ0) is 13.7. The molecule has 0 aliphatic carbocycles. The summed E-state index contributed by atoms with van der Waals surface area (Å²) in [6.07, 6.45) is 0. The van der Waals surface area contributed by atoms with Gasteiger partial charge in [0.05, 0.1) is 30.9 Å². The minimum atomic E-state index is 0.609. The number of halogens is 2. The smallest absolute Gasteiger partial charge is 0.201 e. The van der Waals surface area contributed by atoms with Crippen molar-refractivity contribution in [2.24, 2.45) is 0 Å². The van der Waals surface area contributed by atoms with Crippen molar-refractivity contribution in [2.45, 2.75) is 0 Å². The van der Waals surface area contributed by atoms with Crippen molar-refractivity contribution in [3.63, 3.8) is 0 Å². The van der Waals surface area contributed by atoms with E-state index in [9.17, 15) is 0 Å². The van der Waals surface area contributed by atoms with Gasteiger partial charge in [-0.1, -0.05) is 0 Å². The first-order valence-corrected chi connectivity index (χ1v) is 7.44. The van der Waals surface area contributed by atoms with Crippen LogP contribution in [0.1, 0.15) is 0 Å². The van der Waals surface area contributed by atoms with E-state index in [-0.39, 0.29) is 0 Å². The fourth-order valence-corrected chi connectivity index (χ4v) is 2.25. The number of ether oxygens (including phenoxy) is 2. The van der Waals surface area contributed by atoms with Crippen LogP contribution in [0.5, 0.6) is 0 Å². The van der Waals surface area contributed by atoms with Crippen LogP contribution in [-0.2, 0) is 9.47 Å². The summed E-state index contributed by atoms with van der Waals surface area (Å²) < 4.78 is 12.2. The maximum Gasteiger partial charge on any atom is 0.201 e. The van der Waals surface area contributed by atoms with E-state index in [1.807, 2.05) is 12.1 Å². The highest BCUT2D eigenvalue weighted by Gasteiger charge is 2.05. The van der Waals surface area contributed by atoms with Crippen molar-refractivity contribution in [1.29, 1.82) is 0 Å². The molecule has 0 radical (unpaired) electrons. The lowest BCUT2D eigenvalue weighted by molar-refractivity contribution is 0.0759. The Morgan fingerprint density at radius 1 is 1.21 bits per heavy atom. The zero-order valence-electron chi connectivity index (χ0n) is 10.5. The number of methoxy groups -OCH3 is 1. The second kappa shape index (κ2) is 7.23. The summed E-state index contributed by atoms with van der Waals surface area (Å²) in [5.74, 6) is 0.746. The predicted octanol–water partition coefficient (Wildman–Crippen LogP) is 3.16. The zero-order valence-corrected chi connectivity index (χ0v) is 13.7. The molecule has 104 valence electrons. The normalized spacial score (nSPS) is 11.1. The third kappa shape index (κ3) is 4.17. The second-order valence-corrected chi connectivity index (χ2v) is 5.61. The number of aromatic amines is 1. The van der Waals surface area contributed by atoms with E-state index in [1.54, 1.807) is 7.11 Å². The van der Waals surface area contributed by atoms with Gasteiger partial charge in [-0.3, -0.25) is 0 Å². The lowest BCUT2D eigenvalue weighted by Crippen LogP contribution is -2.12. The Morgan fingerprint density at radius 2 is 2.00 bits per heavy atom. The lowest BCUT2D eigenvalue weighted by Gasteiger charge is -2.04. The van der Waals surface area contributed by atoms with Gasteiger partial charge in [-0.2, -0.15) is 0 Å². The Morgan fingerprint density at radius 3 is 2.79 bits per heavy atom. The van der Waals surface area contributed by atoms with E-state index in [0.717, 1.165) is 25.9 Å². The van der Waals surface area contributed by atoms with Crippen LogP contribution in [0.4, 0.5) is 5.95 Å². The average Bonchev–Trinajstić information content (AvgIpc) is 2.76. The van der Waals surface area contributed by atoms with Crippen molar-refractivity contribution in [3.8, 4) is 0 Å². The number of rotatable bonds is 7. The van der Waals surface area contributed by atoms with Crippen molar-refractivity contribution in [2.75, 3.05) is 38.8 Å². The van der Waals surface area contributed by atoms with Gasteiger partial charge in [-0.25, -0.2) is 4.98 Å². The maximum atomic E-state index is 5.36. The highest BCUT2D eigenvalue weighted by atomic mass is 79.9. The van der Waals surface area contributed by atoms with Crippen LogP contribution in [-0.4, -0.2) is 43.4 Å². The molecule has 0 atom stereocenters. The molecule has 0 aliphatic rings. The Bertz CT molecular complexity index is 506. The monoisotopic (exact) mass is 391 g/mol. The Balaban J connectivity index is 1.87. The molecule has 0 unspecified atom stereocenters. The quantitative estimate of drug-likeness (QED) is 0.710. The molecule has 5 nitrogen and oxygen atoms in total. The van der Waals surface area contributed by atoms with Crippen molar-refractivity contribution < 1.29 is 9.47 Å². The summed E-state index contributed by atoms with van der Waals surface area (Å²) >= 11 is 6.93. The molecule has 19 heavy (non-hydrogen) atoms. The summed E-state index contributed by atoms with van der Waals surface area (Å²) in [6, 6.07) is 3.96. The van der Waals surface area contributed by atoms with Gasteiger partial charge in [-0.05, 0) is 44.0 Å². The highest BCUT2D eigenvalue weighted by Crippen LogP contribution is 2.28. The molecule has 2 aromatic rings. The topological polar surface area (TPSA) is 59.2 Å². The van der Waals surface area contributed by atoms with Gasteiger partial charge in [0.25, 0.3) is 0 Å². The van der Waals surface area contributed by atoms with Gasteiger partial charge < -0.3 is 19.8 Å². The molecule has 1 aromatic heterocycles. The van der Waals surface area contributed by atoms with E-state index < -0.39 is 0 Å². The third-order valence-corrected chi connectivity index (χ3v) is 4.34. The first-order valence-electron chi connectivity index (χ1n) is 5.86. The number of benzene rings is 1. The molecule has 0 saturated heterocycles. The molecule has 2 rings (SSSR count). The van der Waals surface area contributed by atoms with Crippen LogP contribution in [0, 0.1) is 0 Å². The van der Waals surface area contributed by atoms with E-state index >= 15 is 0 Å².